The lowest BCUT2D eigenvalue weighted by Gasteiger charge is -2.14. The van der Waals surface area contributed by atoms with Crippen LogP contribution in [0.2, 0.25) is 10.0 Å². The van der Waals surface area contributed by atoms with Crippen molar-refractivity contribution in [2.24, 2.45) is 11.7 Å². The molecule has 1 atom stereocenters. The van der Waals surface area contributed by atoms with Crippen molar-refractivity contribution in [3.63, 3.8) is 0 Å². The smallest absolute Gasteiger partial charge is 0.0545 e. The van der Waals surface area contributed by atoms with E-state index in [1.807, 2.05) is 23.6 Å². The van der Waals surface area contributed by atoms with E-state index in [0.717, 1.165) is 22.9 Å². The van der Waals surface area contributed by atoms with E-state index in [-0.39, 0.29) is 0 Å². The number of rotatable bonds is 5. The largest absolute Gasteiger partial charge is 0.330 e. The zero-order valence-electron chi connectivity index (χ0n) is 9.90. The van der Waals surface area contributed by atoms with Crippen LogP contribution in [-0.4, -0.2) is 6.54 Å². The second kappa shape index (κ2) is 6.58. The quantitative estimate of drug-likeness (QED) is 0.869. The average molecular weight is 300 g/mol. The third-order valence-corrected chi connectivity index (χ3v) is 4.60. The van der Waals surface area contributed by atoms with Crippen LogP contribution in [0.25, 0.3) is 0 Å². The lowest BCUT2D eigenvalue weighted by atomic mass is 9.96. The minimum atomic E-state index is 0.419. The van der Waals surface area contributed by atoms with Gasteiger partial charge in [0, 0.05) is 9.90 Å². The molecule has 0 aliphatic heterocycles. The minimum absolute atomic E-state index is 0.419. The van der Waals surface area contributed by atoms with Gasteiger partial charge >= 0.3 is 0 Å². The van der Waals surface area contributed by atoms with E-state index in [0.29, 0.717) is 12.5 Å². The number of benzene rings is 1. The van der Waals surface area contributed by atoms with Gasteiger partial charge in [-0.15, -0.1) is 11.3 Å². The van der Waals surface area contributed by atoms with Gasteiger partial charge in [0.15, 0.2) is 0 Å². The fourth-order valence-corrected chi connectivity index (χ4v) is 3.28. The van der Waals surface area contributed by atoms with Gasteiger partial charge in [-0.2, -0.15) is 0 Å². The summed E-state index contributed by atoms with van der Waals surface area (Å²) in [5, 5.41) is 3.65. The number of hydrogen-bond donors (Lipinski definition) is 1. The molecule has 0 bridgehead atoms. The number of nitrogens with two attached hydrogens (primary N) is 1. The van der Waals surface area contributed by atoms with E-state index in [1.165, 1.54) is 10.4 Å². The molecule has 0 aliphatic rings. The standard InChI is InChI=1S/C14H15Cl2NS/c15-12-3-1-10(2-4-12)7-11(9-17)8-14-13(16)5-6-18-14/h1-6,11H,7-9,17H2. The molecule has 1 nitrogen and oxygen atoms in total. The van der Waals surface area contributed by atoms with Gasteiger partial charge < -0.3 is 5.73 Å². The zero-order valence-corrected chi connectivity index (χ0v) is 12.2. The summed E-state index contributed by atoms with van der Waals surface area (Å²) in [5.41, 5.74) is 7.12. The van der Waals surface area contributed by atoms with Crippen LogP contribution in [0.15, 0.2) is 35.7 Å². The summed E-state index contributed by atoms with van der Waals surface area (Å²) >= 11 is 13.7. The van der Waals surface area contributed by atoms with E-state index in [9.17, 15) is 0 Å². The molecule has 0 saturated heterocycles. The molecule has 2 N–H and O–H groups in total. The summed E-state index contributed by atoms with van der Waals surface area (Å²) in [7, 11) is 0. The van der Waals surface area contributed by atoms with Crippen LogP contribution >= 0.6 is 34.5 Å². The van der Waals surface area contributed by atoms with E-state index >= 15 is 0 Å². The van der Waals surface area contributed by atoms with Crippen molar-refractivity contribution in [1.82, 2.24) is 0 Å². The molecule has 0 saturated carbocycles. The topological polar surface area (TPSA) is 26.0 Å². The van der Waals surface area contributed by atoms with Gasteiger partial charge in [-0.1, -0.05) is 35.3 Å². The van der Waals surface area contributed by atoms with Crippen LogP contribution in [0.5, 0.6) is 0 Å². The molecule has 1 heterocycles. The first-order chi connectivity index (χ1) is 8.69. The van der Waals surface area contributed by atoms with Gasteiger partial charge in [0.1, 0.15) is 0 Å². The van der Waals surface area contributed by atoms with Crippen molar-refractivity contribution in [3.05, 3.63) is 56.2 Å². The Bertz CT molecular complexity index is 493. The normalized spacial score (nSPS) is 12.6. The molecule has 1 unspecified atom stereocenters. The molecule has 0 amide bonds. The van der Waals surface area contributed by atoms with E-state index in [2.05, 4.69) is 12.1 Å². The molecule has 1 aromatic carbocycles. The van der Waals surface area contributed by atoms with Crippen LogP contribution in [0, 0.1) is 5.92 Å². The van der Waals surface area contributed by atoms with Crippen molar-refractivity contribution in [1.29, 1.82) is 0 Å². The second-order valence-corrected chi connectivity index (χ2v) is 6.17. The zero-order chi connectivity index (χ0) is 13.0. The summed E-state index contributed by atoms with van der Waals surface area (Å²) in [6.07, 6.45) is 1.90. The molecule has 4 heteroatoms. The summed E-state index contributed by atoms with van der Waals surface area (Å²) in [6.45, 7) is 0.664. The highest BCUT2D eigenvalue weighted by molar-refractivity contribution is 7.10. The highest BCUT2D eigenvalue weighted by Crippen LogP contribution is 2.26. The molecule has 0 fully saturated rings. The van der Waals surface area contributed by atoms with Crippen molar-refractivity contribution < 1.29 is 0 Å². The van der Waals surface area contributed by atoms with Crippen molar-refractivity contribution in [2.75, 3.05) is 6.54 Å². The van der Waals surface area contributed by atoms with Gasteiger partial charge in [-0.25, -0.2) is 0 Å². The van der Waals surface area contributed by atoms with E-state index in [1.54, 1.807) is 11.3 Å². The number of thiophene rings is 1. The van der Waals surface area contributed by atoms with Gasteiger partial charge in [-0.05, 0) is 54.4 Å². The minimum Gasteiger partial charge on any atom is -0.330 e. The second-order valence-electron chi connectivity index (χ2n) is 4.33. The Balaban J connectivity index is 2.01. The predicted octanol–water partition coefficient (Wildman–Crippen LogP) is 4.42. The molecular weight excluding hydrogens is 285 g/mol. The van der Waals surface area contributed by atoms with Crippen molar-refractivity contribution in [2.45, 2.75) is 12.8 Å². The highest BCUT2D eigenvalue weighted by atomic mass is 35.5. The lowest BCUT2D eigenvalue weighted by Crippen LogP contribution is -2.19. The van der Waals surface area contributed by atoms with Crippen LogP contribution in [0.3, 0.4) is 0 Å². The first kappa shape index (κ1) is 13.9. The summed E-state index contributed by atoms with van der Waals surface area (Å²) in [5.74, 6) is 0.419. The number of halogens is 2. The third-order valence-electron chi connectivity index (χ3n) is 2.94. The average Bonchev–Trinajstić information content (AvgIpc) is 2.77. The molecule has 0 radical (unpaired) electrons. The molecule has 2 rings (SSSR count). The molecule has 1 aromatic heterocycles. The summed E-state index contributed by atoms with van der Waals surface area (Å²) in [4.78, 5) is 1.22. The monoisotopic (exact) mass is 299 g/mol. The maximum absolute atomic E-state index is 6.12. The molecule has 0 aliphatic carbocycles. The molecule has 18 heavy (non-hydrogen) atoms. The first-order valence-corrected chi connectivity index (χ1v) is 7.49. The Kier molecular flexibility index (Phi) is 5.07. The first-order valence-electron chi connectivity index (χ1n) is 5.85. The maximum atomic E-state index is 6.12. The van der Waals surface area contributed by atoms with Crippen LogP contribution in [-0.2, 0) is 12.8 Å². The van der Waals surface area contributed by atoms with Crippen LogP contribution in [0.4, 0.5) is 0 Å². The maximum Gasteiger partial charge on any atom is 0.0545 e. The Hall–Kier alpha value is -0.540. The molecule has 96 valence electrons. The van der Waals surface area contributed by atoms with Gasteiger partial charge in [-0.3, -0.25) is 0 Å². The fourth-order valence-electron chi connectivity index (χ4n) is 1.93. The fraction of sp³-hybridized carbons (Fsp3) is 0.286. The molecule has 0 spiro atoms. The van der Waals surface area contributed by atoms with Crippen LogP contribution in [0.1, 0.15) is 10.4 Å². The Morgan fingerprint density at radius 1 is 1.06 bits per heavy atom. The summed E-state index contributed by atoms with van der Waals surface area (Å²) < 4.78 is 0. The SMILES string of the molecule is NCC(Cc1ccc(Cl)cc1)Cc1sccc1Cl. The van der Waals surface area contributed by atoms with Gasteiger partial charge in [0.25, 0.3) is 0 Å². The highest BCUT2D eigenvalue weighted by Gasteiger charge is 2.12. The van der Waals surface area contributed by atoms with Crippen molar-refractivity contribution in [3.8, 4) is 0 Å². The van der Waals surface area contributed by atoms with E-state index in [4.69, 9.17) is 28.9 Å². The number of hydrogen-bond acceptors (Lipinski definition) is 2. The molecular formula is C14H15Cl2NS. The van der Waals surface area contributed by atoms with Crippen LogP contribution < -0.4 is 5.73 Å². The van der Waals surface area contributed by atoms with Crippen molar-refractivity contribution >= 4 is 34.5 Å². The third kappa shape index (κ3) is 3.72. The molecule has 2 aromatic rings. The Labute approximate surface area is 122 Å². The van der Waals surface area contributed by atoms with E-state index < -0.39 is 0 Å². The van der Waals surface area contributed by atoms with Gasteiger partial charge in [0.2, 0.25) is 0 Å². The summed E-state index contributed by atoms with van der Waals surface area (Å²) in [6, 6.07) is 9.89. The Morgan fingerprint density at radius 2 is 1.78 bits per heavy atom. The Morgan fingerprint density at radius 3 is 2.33 bits per heavy atom. The lowest BCUT2D eigenvalue weighted by molar-refractivity contribution is 0.537. The predicted molar refractivity (Wildman–Crippen MR) is 80.7 cm³/mol. The van der Waals surface area contributed by atoms with Gasteiger partial charge in [0.05, 0.1) is 5.02 Å².